The summed E-state index contributed by atoms with van der Waals surface area (Å²) in [6, 6.07) is 1.50. The fourth-order valence-electron chi connectivity index (χ4n) is 1.44. The van der Waals surface area contributed by atoms with E-state index in [0.717, 1.165) is 17.4 Å². The molecule has 1 heterocycles. The van der Waals surface area contributed by atoms with E-state index in [2.05, 4.69) is 4.98 Å². The molecule has 0 aliphatic rings. The van der Waals surface area contributed by atoms with Crippen LogP contribution in [-0.4, -0.2) is 4.98 Å². The van der Waals surface area contributed by atoms with Crippen LogP contribution in [-0.2, 0) is 12.4 Å². The lowest BCUT2D eigenvalue weighted by Crippen LogP contribution is -2.16. The first-order valence-electron chi connectivity index (χ1n) is 5.03. The van der Waals surface area contributed by atoms with Crippen LogP contribution in [0.2, 0.25) is 0 Å². The molecule has 2 aromatic rings. The highest BCUT2D eigenvalue weighted by Gasteiger charge is 2.43. The van der Waals surface area contributed by atoms with Crippen LogP contribution < -0.4 is 4.74 Å². The molecule has 1 aromatic heterocycles. The molecule has 0 aliphatic heterocycles. The van der Waals surface area contributed by atoms with Gasteiger partial charge in [0.2, 0.25) is 5.06 Å². The quantitative estimate of drug-likeness (QED) is 0.730. The van der Waals surface area contributed by atoms with Crippen LogP contribution in [0.15, 0.2) is 29.9 Å². The lowest BCUT2D eigenvalue weighted by Gasteiger charge is -2.16. The number of hydrogen-bond donors (Lipinski definition) is 0. The summed E-state index contributed by atoms with van der Waals surface area (Å²) in [5.74, 6) is -0.338. The van der Waals surface area contributed by atoms with Gasteiger partial charge >= 0.3 is 12.4 Å². The average Bonchev–Trinajstić information content (AvgIpc) is 2.79. The van der Waals surface area contributed by atoms with Gasteiger partial charge in [0.05, 0.1) is 22.8 Å². The molecule has 0 atom stereocenters. The molecule has 0 unspecified atom stereocenters. The first kappa shape index (κ1) is 14.6. The summed E-state index contributed by atoms with van der Waals surface area (Å²) in [7, 11) is 0. The van der Waals surface area contributed by atoms with Crippen molar-refractivity contribution in [2.75, 3.05) is 0 Å². The summed E-state index contributed by atoms with van der Waals surface area (Å²) in [4.78, 5) is 3.64. The van der Waals surface area contributed by atoms with Crippen LogP contribution in [0.1, 0.15) is 11.1 Å². The smallest absolute Gasteiger partial charge is 0.417 e. The van der Waals surface area contributed by atoms with E-state index in [9.17, 15) is 26.3 Å². The third kappa shape index (κ3) is 3.21. The van der Waals surface area contributed by atoms with Gasteiger partial charge in [0, 0.05) is 0 Å². The van der Waals surface area contributed by atoms with Crippen molar-refractivity contribution in [3.8, 4) is 10.8 Å². The Bertz CT molecular complexity index is 590. The highest BCUT2D eigenvalue weighted by molar-refractivity contribution is 7.11. The molecule has 0 saturated carbocycles. The number of ether oxygens (including phenoxy) is 1. The Morgan fingerprint density at radius 3 is 2.10 bits per heavy atom. The summed E-state index contributed by atoms with van der Waals surface area (Å²) in [6.07, 6.45) is -8.97. The molecule has 108 valence electrons. The number of halogens is 6. The summed E-state index contributed by atoms with van der Waals surface area (Å²) in [6.45, 7) is 0. The maximum Gasteiger partial charge on any atom is 0.417 e. The van der Waals surface area contributed by atoms with Gasteiger partial charge in [0.1, 0.15) is 5.75 Å². The lowest BCUT2D eigenvalue weighted by atomic mass is 10.1. The molecule has 0 radical (unpaired) electrons. The zero-order valence-electron chi connectivity index (χ0n) is 9.42. The fourth-order valence-corrected chi connectivity index (χ4v) is 1.93. The predicted molar refractivity (Wildman–Crippen MR) is 58.6 cm³/mol. The van der Waals surface area contributed by atoms with Crippen molar-refractivity contribution in [3.63, 3.8) is 0 Å². The van der Waals surface area contributed by atoms with Gasteiger partial charge in [-0.25, -0.2) is 4.98 Å². The number of alkyl halides is 6. The van der Waals surface area contributed by atoms with E-state index in [0.29, 0.717) is 12.1 Å². The van der Waals surface area contributed by atoms with E-state index < -0.39 is 23.5 Å². The van der Waals surface area contributed by atoms with Crippen molar-refractivity contribution in [2.45, 2.75) is 12.4 Å². The molecular formula is C11H5F6NOS. The number of rotatable bonds is 2. The molecule has 20 heavy (non-hydrogen) atoms. The van der Waals surface area contributed by atoms with E-state index in [1.807, 2.05) is 0 Å². The van der Waals surface area contributed by atoms with Crippen molar-refractivity contribution >= 4 is 11.3 Å². The third-order valence-electron chi connectivity index (χ3n) is 2.23. The third-order valence-corrected chi connectivity index (χ3v) is 2.88. The molecule has 2 nitrogen and oxygen atoms in total. The van der Waals surface area contributed by atoms with E-state index in [-0.39, 0.29) is 10.8 Å². The zero-order chi connectivity index (χ0) is 15.0. The molecule has 0 spiro atoms. The highest BCUT2D eigenvalue weighted by Crippen LogP contribution is 2.42. The maximum absolute atomic E-state index is 12.7. The maximum atomic E-state index is 12.7. The first-order chi connectivity index (χ1) is 9.18. The Balaban J connectivity index is 2.44. The van der Waals surface area contributed by atoms with Crippen molar-refractivity contribution in [1.29, 1.82) is 0 Å². The van der Waals surface area contributed by atoms with Gasteiger partial charge in [0.15, 0.2) is 0 Å². The largest absolute Gasteiger partial charge is 0.445 e. The molecular weight excluding hydrogens is 308 g/mol. The van der Waals surface area contributed by atoms with Gasteiger partial charge in [-0.1, -0.05) is 11.3 Å². The molecule has 0 N–H and O–H groups in total. The second kappa shape index (κ2) is 4.97. The lowest BCUT2D eigenvalue weighted by molar-refractivity contribution is -0.162. The molecule has 0 fully saturated rings. The molecule has 0 saturated heterocycles. The summed E-state index contributed by atoms with van der Waals surface area (Å²) in [5.41, 5.74) is -2.15. The van der Waals surface area contributed by atoms with Crippen molar-refractivity contribution in [3.05, 3.63) is 41.0 Å². The Morgan fingerprint density at radius 2 is 1.60 bits per heavy atom. The number of nitrogens with zero attached hydrogens (tertiary/aromatic N) is 1. The van der Waals surface area contributed by atoms with E-state index in [1.165, 1.54) is 11.7 Å². The van der Waals surface area contributed by atoms with Crippen molar-refractivity contribution in [1.82, 2.24) is 4.98 Å². The summed E-state index contributed by atoms with van der Waals surface area (Å²) < 4.78 is 80.6. The van der Waals surface area contributed by atoms with E-state index in [4.69, 9.17) is 4.74 Å². The van der Waals surface area contributed by atoms with Gasteiger partial charge in [-0.3, -0.25) is 0 Å². The van der Waals surface area contributed by atoms with E-state index in [1.54, 1.807) is 0 Å². The monoisotopic (exact) mass is 313 g/mol. The first-order valence-corrected chi connectivity index (χ1v) is 5.90. The zero-order valence-corrected chi connectivity index (χ0v) is 10.2. The number of benzene rings is 1. The molecule has 0 aliphatic carbocycles. The second-order valence-electron chi connectivity index (χ2n) is 3.63. The summed E-state index contributed by atoms with van der Waals surface area (Å²) >= 11 is 1.00. The number of aromatic nitrogens is 1. The minimum Gasteiger partial charge on any atom is -0.445 e. The van der Waals surface area contributed by atoms with Crippen molar-refractivity contribution < 1.29 is 31.1 Å². The van der Waals surface area contributed by atoms with Crippen LogP contribution in [0.3, 0.4) is 0 Å². The second-order valence-corrected chi connectivity index (χ2v) is 4.47. The normalized spacial score (nSPS) is 12.5. The summed E-state index contributed by atoms with van der Waals surface area (Å²) in [5, 5.41) is 0.179. The van der Waals surface area contributed by atoms with Crippen LogP contribution >= 0.6 is 11.3 Å². The minimum absolute atomic E-state index is 0.179. The molecule has 1 aromatic carbocycles. The molecule has 0 bridgehead atoms. The average molecular weight is 313 g/mol. The molecule has 0 amide bonds. The van der Waals surface area contributed by atoms with Crippen LogP contribution in [0.4, 0.5) is 26.3 Å². The predicted octanol–water partition coefficient (Wildman–Crippen LogP) is 4.97. The minimum atomic E-state index is -5.13. The Morgan fingerprint density at radius 1 is 0.950 bits per heavy atom. The van der Waals surface area contributed by atoms with Gasteiger partial charge < -0.3 is 4.74 Å². The molecule has 2 rings (SSSR count). The Kier molecular flexibility index (Phi) is 3.63. The number of hydrogen-bond acceptors (Lipinski definition) is 3. The standard InChI is InChI=1S/C11H5F6NOS/c12-10(13,14)7-2-1-6(3-8(7)11(15,16)17)19-9-4-18-5-20-9/h1-5H. The SMILES string of the molecule is FC(F)(F)c1ccc(Oc2cncs2)cc1C(F)(F)F. The number of thiazole rings is 1. The Labute approximate surface area is 112 Å². The van der Waals surface area contributed by atoms with Crippen LogP contribution in [0.25, 0.3) is 0 Å². The van der Waals surface area contributed by atoms with Gasteiger partial charge in [-0.15, -0.1) is 0 Å². The molecule has 9 heteroatoms. The fraction of sp³-hybridized carbons (Fsp3) is 0.182. The topological polar surface area (TPSA) is 22.1 Å². The van der Waals surface area contributed by atoms with Gasteiger partial charge in [-0.05, 0) is 18.2 Å². The van der Waals surface area contributed by atoms with Crippen LogP contribution in [0, 0.1) is 0 Å². The Hall–Kier alpha value is -1.77. The van der Waals surface area contributed by atoms with Gasteiger partial charge in [0.25, 0.3) is 0 Å². The van der Waals surface area contributed by atoms with Gasteiger partial charge in [-0.2, -0.15) is 26.3 Å². The van der Waals surface area contributed by atoms with E-state index >= 15 is 0 Å². The highest BCUT2D eigenvalue weighted by atomic mass is 32.1. The van der Waals surface area contributed by atoms with Crippen molar-refractivity contribution in [2.24, 2.45) is 0 Å². The van der Waals surface area contributed by atoms with Crippen LogP contribution in [0.5, 0.6) is 10.8 Å².